The molecule has 0 aliphatic carbocycles. The second-order valence-electron chi connectivity index (χ2n) is 7.06. The zero-order chi connectivity index (χ0) is 22.5. The zero-order valence-corrected chi connectivity index (χ0v) is 18.2. The fraction of sp³-hybridized carbons (Fsp3) is 0.217. The first-order valence-corrected chi connectivity index (χ1v) is 10.0. The summed E-state index contributed by atoms with van der Waals surface area (Å²) in [5, 5.41) is 19.2. The number of nitrogens with zero attached hydrogens (tertiary/aromatic N) is 3. The Balaban J connectivity index is 1.77. The molecule has 158 valence electrons. The molecule has 8 heteroatoms. The van der Waals surface area contributed by atoms with Crippen LogP contribution in [0.25, 0.3) is 11.1 Å². The average Bonchev–Trinajstić information content (AvgIpc) is 3.04. The summed E-state index contributed by atoms with van der Waals surface area (Å²) in [6.07, 6.45) is 0. The summed E-state index contributed by atoms with van der Waals surface area (Å²) in [4.78, 5) is 23.4. The molecule has 0 unspecified atom stereocenters. The summed E-state index contributed by atoms with van der Waals surface area (Å²) >= 11 is 6.20. The van der Waals surface area contributed by atoms with Crippen molar-refractivity contribution in [3.8, 4) is 17.2 Å². The number of hydrogen-bond donors (Lipinski definition) is 2. The average molecular weight is 436 g/mol. The molecule has 0 atom stereocenters. The molecule has 0 aliphatic heterocycles. The monoisotopic (exact) mass is 435 g/mol. The van der Waals surface area contributed by atoms with E-state index in [0.29, 0.717) is 22.7 Å². The number of carbonyl (C=O) groups excluding carboxylic acids is 2. The first kappa shape index (κ1) is 22.1. The minimum Gasteiger partial charge on any atom is -0.358 e. The van der Waals surface area contributed by atoms with Gasteiger partial charge in [-0.3, -0.25) is 14.3 Å². The first-order chi connectivity index (χ1) is 14.8. The van der Waals surface area contributed by atoms with Crippen molar-refractivity contribution in [1.82, 2.24) is 20.4 Å². The van der Waals surface area contributed by atoms with Gasteiger partial charge in [-0.15, -0.1) is 0 Å². The Labute approximate surface area is 185 Å². The quantitative estimate of drug-likeness (QED) is 0.620. The standard InChI is InChI=1S/C23H22ClN5O2/c1-14-22(18-8-9-19(11-25)20(24)10-18)15(2)29(28-14)13-16-4-6-17(7-5-16)23(31)27-12-21(30)26-3/h4-10H,12-13H2,1-3H3,(H,26,30)(H,27,31). The van der Waals surface area contributed by atoms with E-state index in [-0.39, 0.29) is 18.4 Å². The van der Waals surface area contributed by atoms with E-state index in [0.717, 1.165) is 28.1 Å². The number of benzene rings is 2. The van der Waals surface area contributed by atoms with E-state index in [1.807, 2.05) is 36.7 Å². The third kappa shape index (κ3) is 4.93. The van der Waals surface area contributed by atoms with Crippen LogP contribution in [0.5, 0.6) is 0 Å². The van der Waals surface area contributed by atoms with Crippen LogP contribution in [0.2, 0.25) is 5.02 Å². The second-order valence-corrected chi connectivity index (χ2v) is 7.47. The lowest BCUT2D eigenvalue weighted by molar-refractivity contribution is -0.119. The van der Waals surface area contributed by atoms with Gasteiger partial charge in [0.15, 0.2) is 0 Å². The zero-order valence-electron chi connectivity index (χ0n) is 17.5. The summed E-state index contributed by atoms with van der Waals surface area (Å²) in [7, 11) is 1.52. The maximum atomic E-state index is 12.1. The number of nitrogens with one attached hydrogen (secondary N) is 2. The SMILES string of the molecule is CNC(=O)CNC(=O)c1ccc(Cn2nc(C)c(-c3ccc(C#N)c(Cl)c3)c2C)cc1. The number of amides is 2. The summed E-state index contributed by atoms with van der Waals surface area (Å²) in [6, 6.07) is 14.6. The highest BCUT2D eigenvalue weighted by atomic mass is 35.5. The minimum atomic E-state index is -0.304. The summed E-state index contributed by atoms with van der Waals surface area (Å²) in [5.74, 6) is -0.560. The van der Waals surface area contributed by atoms with E-state index in [1.165, 1.54) is 7.05 Å². The molecule has 2 aromatic carbocycles. The van der Waals surface area contributed by atoms with E-state index >= 15 is 0 Å². The molecule has 0 saturated carbocycles. The highest BCUT2D eigenvalue weighted by molar-refractivity contribution is 6.32. The van der Waals surface area contributed by atoms with Crippen LogP contribution in [0, 0.1) is 25.2 Å². The van der Waals surface area contributed by atoms with Crippen LogP contribution in [0.1, 0.15) is 32.9 Å². The Hall–Kier alpha value is -3.63. The molecule has 2 N–H and O–H groups in total. The maximum Gasteiger partial charge on any atom is 0.251 e. The fourth-order valence-corrected chi connectivity index (χ4v) is 3.54. The molecular formula is C23H22ClN5O2. The lowest BCUT2D eigenvalue weighted by atomic mass is 10.0. The Bertz CT molecular complexity index is 1180. The number of nitriles is 1. The Kier molecular flexibility index (Phi) is 6.73. The summed E-state index contributed by atoms with van der Waals surface area (Å²) < 4.78 is 1.90. The molecule has 7 nitrogen and oxygen atoms in total. The molecule has 1 aromatic heterocycles. The van der Waals surface area contributed by atoms with Crippen molar-refractivity contribution in [2.24, 2.45) is 0 Å². The van der Waals surface area contributed by atoms with E-state index in [9.17, 15) is 9.59 Å². The van der Waals surface area contributed by atoms with Crippen molar-refractivity contribution in [1.29, 1.82) is 5.26 Å². The number of rotatable bonds is 6. The van der Waals surface area contributed by atoms with E-state index in [2.05, 4.69) is 21.8 Å². The van der Waals surface area contributed by atoms with E-state index in [4.69, 9.17) is 16.9 Å². The smallest absolute Gasteiger partial charge is 0.251 e. The molecule has 0 bridgehead atoms. The third-order valence-electron chi connectivity index (χ3n) is 5.00. The number of carbonyl (C=O) groups is 2. The number of aromatic nitrogens is 2. The molecule has 2 amide bonds. The van der Waals surface area contributed by atoms with Crippen molar-refractivity contribution in [3.63, 3.8) is 0 Å². The van der Waals surface area contributed by atoms with Crippen LogP contribution in [-0.2, 0) is 11.3 Å². The van der Waals surface area contributed by atoms with Gasteiger partial charge >= 0.3 is 0 Å². The summed E-state index contributed by atoms with van der Waals surface area (Å²) in [5.41, 5.74) is 5.64. The van der Waals surface area contributed by atoms with Crippen molar-refractivity contribution in [2.45, 2.75) is 20.4 Å². The van der Waals surface area contributed by atoms with Crippen molar-refractivity contribution >= 4 is 23.4 Å². The molecular weight excluding hydrogens is 414 g/mol. The number of halogens is 1. The van der Waals surface area contributed by atoms with Gasteiger partial charge in [-0.1, -0.05) is 29.8 Å². The molecule has 0 saturated heterocycles. The van der Waals surface area contributed by atoms with Gasteiger partial charge in [0.1, 0.15) is 6.07 Å². The van der Waals surface area contributed by atoms with Gasteiger partial charge in [-0.25, -0.2) is 0 Å². The fourth-order valence-electron chi connectivity index (χ4n) is 3.32. The van der Waals surface area contributed by atoms with Crippen molar-refractivity contribution < 1.29 is 9.59 Å². The van der Waals surface area contributed by atoms with E-state index < -0.39 is 0 Å². The summed E-state index contributed by atoms with van der Waals surface area (Å²) in [6.45, 7) is 4.40. The molecule has 0 aliphatic rings. The highest BCUT2D eigenvalue weighted by Crippen LogP contribution is 2.30. The van der Waals surface area contributed by atoms with Crippen LogP contribution in [-0.4, -0.2) is 35.2 Å². The molecule has 31 heavy (non-hydrogen) atoms. The second kappa shape index (κ2) is 9.45. The lowest BCUT2D eigenvalue weighted by Gasteiger charge is -2.08. The lowest BCUT2D eigenvalue weighted by Crippen LogP contribution is -2.35. The highest BCUT2D eigenvalue weighted by Gasteiger charge is 2.15. The maximum absolute atomic E-state index is 12.1. The van der Waals surface area contributed by atoms with Crippen molar-refractivity contribution in [2.75, 3.05) is 13.6 Å². The normalized spacial score (nSPS) is 10.4. The molecule has 0 spiro atoms. The minimum absolute atomic E-state index is 0.0645. The topological polar surface area (TPSA) is 99.8 Å². The van der Waals surface area contributed by atoms with Crippen LogP contribution in [0.3, 0.4) is 0 Å². The van der Waals surface area contributed by atoms with Gasteiger partial charge in [-0.2, -0.15) is 10.4 Å². The van der Waals surface area contributed by atoms with Crippen LogP contribution in [0.15, 0.2) is 42.5 Å². The Morgan fingerprint density at radius 3 is 2.48 bits per heavy atom. The van der Waals surface area contributed by atoms with Crippen molar-refractivity contribution in [3.05, 3.63) is 75.6 Å². The van der Waals surface area contributed by atoms with Crippen LogP contribution >= 0.6 is 11.6 Å². The molecule has 0 fully saturated rings. The number of likely N-dealkylation sites (N-methyl/N-ethyl adjacent to an activating group) is 1. The van der Waals surface area contributed by atoms with E-state index in [1.54, 1.807) is 24.3 Å². The van der Waals surface area contributed by atoms with Gasteiger partial charge in [0.25, 0.3) is 5.91 Å². The van der Waals surface area contributed by atoms with Gasteiger partial charge in [-0.05, 0) is 49.2 Å². The molecule has 1 heterocycles. The van der Waals surface area contributed by atoms with Crippen LogP contribution in [0.4, 0.5) is 0 Å². The van der Waals surface area contributed by atoms with Gasteiger partial charge in [0.05, 0.1) is 29.4 Å². The third-order valence-corrected chi connectivity index (χ3v) is 5.31. The number of hydrogen-bond acceptors (Lipinski definition) is 4. The molecule has 3 rings (SSSR count). The Morgan fingerprint density at radius 1 is 1.16 bits per heavy atom. The Morgan fingerprint density at radius 2 is 1.87 bits per heavy atom. The van der Waals surface area contributed by atoms with Gasteiger partial charge in [0, 0.05) is 23.9 Å². The van der Waals surface area contributed by atoms with Gasteiger partial charge in [0.2, 0.25) is 5.91 Å². The largest absolute Gasteiger partial charge is 0.358 e. The van der Waals surface area contributed by atoms with Gasteiger partial charge < -0.3 is 10.6 Å². The molecule has 0 radical (unpaired) electrons. The predicted octanol–water partition coefficient (Wildman–Crippen LogP) is 3.22. The first-order valence-electron chi connectivity index (χ1n) is 9.65. The number of aryl methyl sites for hydroxylation is 1. The molecule has 3 aromatic rings. The predicted molar refractivity (Wildman–Crippen MR) is 119 cm³/mol. The van der Waals surface area contributed by atoms with Crippen LogP contribution < -0.4 is 10.6 Å².